The van der Waals surface area contributed by atoms with Crippen LogP contribution in [0.5, 0.6) is 0 Å². The number of nitrogens with zero attached hydrogens (tertiary/aromatic N) is 3. The summed E-state index contributed by atoms with van der Waals surface area (Å²) in [5.74, 6) is 0. The van der Waals surface area contributed by atoms with Crippen molar-refractivity contribution in [1.29, 1.82) is 0 Å². The summed E-state index contributed by atoms with van der Waals surface area (Å²) in [4.78, 5) is 8.38. The molecule has 0 bridgehead atoms. The van der Waals surface area contributed by atoms with E-state index < -0.39 is 6.10 Å². The highest BCUT2D eigenvalue weighted by atomic mass is 16.6. The van der Waals surface area contributed by atoms with Gasteiger partial charge in [0.1, 0.15) is 17.7 Å². The molecule has 0 aliphatic carbocycles. The van der Waals surface area contributed by atoms with Crippen LogP contribution in [0, 0.1) is 0 Å². The predicted molar refractivity (Wildman–Crippen MR) is 57.7 cm³/mol. The molecule has 2 aromatic heterocycles. The molecule has 84 valence electrons. The van der Waals surface area contributed by atoms with E-state index in [4.69, 9.17) is 10.5 Å². The fourth-order valence-electron chi connectivity index (χ4n) is 1.71. The van der Waals surface area contributed by atoms with Crippen molar-refractivity contribution in [2.45, 2.75) is 18.8 Å². The van der Waals surface area contributed by atoms with Gasteiger partial charge in [0, 0.05) is 6.20 Å². The quantitative estimate of drug-likeness (QED) is 0.697. The fraction of sp³-hybridized carbons (Fsp3) is 0.400. The first-order valence-electron chi connectivity index (χ1n) is 5.10. The fourth-order valence-corrected chi connectivity index (χ4v) is 1.71. The lowest BCUT2D eigenvalue weighted by atomic mass is 10.2. The monoisotopic (exact) mass is 220 g/mol. The molecule has 0 amide bonds. The van der Waals surface area contributed by atoms with Crippen molar-refractivity contribution in [2.75, 3.05) is 12.3 Å². The second-order valence-corrected chi connectivity index (χ2v) is 3.91. The van der Waals surface area contributed by atoms with Crippen molar-refractivity contribution in [3.63, 3.8) is 0 Å². The minimum absolute atomic E-state index is 0.0430. The van der Waals surface area contributed by atoms with E-state index in [-0.39, 0.29) is 6.10 Å². The zero-order valence-corrected chi connectivity index (χ0v) is 8.58. The van der Waals surface area contributed by atoms with Gasteiger partial charge in [-0.1, -0.05) is 0 Å². The Labute approximate surface area is 91.7 Å². The highest BCUT2D eigenvalue weighted by molar-refractivity contribution is 5.83. The van der Waals surface area contributed by atoms with Crippen LogP contribution in [0.1, 0.15) is 0 Å². The Bertz CT molecular complexity index is 521. The number of aliphatic hydroxyl groups is 1. The van der Waals surface area contributed by atoms with E-state index >= 15 is 0 Å². The molecule has 1 aliphatic rings. The minimum Gasteiger partial charge on any atom is -0.397 e. The number of rotatable bonds is 3. The summed E-state index contributed by atoms with van der Waals surface area (Å²) < 4.78 is 6.82. The highest BCUT2D eigenvalue weighted by Gasteiger charge is 2.31. The molecule has 6 heteroatoms. The number of nitrogens with two attached hydrogens (primary N) is 1. The SMILES string of the molecule is Nc1ccnc2c1ncn2CC(O)C1CO1. The van der Waals surface area contributed by atoms with E-state index in [1.54, 1.807) is 23.2 Å². The van der Waals surface area contributed by atoms with Crippen LogP contribution in [0.2, 0.25) is 0 Å². The number of nitrogen functional groups attached to an aromatic ring is 1. The van der Waals surface area contributed by atoms with Crippen molar-refractivity contribution in [2.24, 2.45) is 0 Å². The smallest absolute Gasteiger partial charge is 0.162 e. The summed E-state index contributed by atoms with van der Waals surface area (Å²) in [6.45, 7) is 1.06. The van der Waals surface area contributed by atoms with Gasteiger partial charge in [-0.05, 0) is 6.07 Å². The Balaban J connectivity index is 1.94. The van der Waals surface area contributed by atoms with Gasteiger partial charge >= 0.3 is 0 Å². The van der Waals surface area contributed by atoms with Gasteiger partial charge in [-0.2, -0.15) is 0 Å². The van der Waals surface area contributed by atoms with Crippen molar-refractivity contribution in [1.82, 2.24) is 14.5 Å². The maximum atomic E-state index is 9.76. The normalized spacial score (nSPS) is 21.2. The molecule has 1 fully saturated rings. The molecule has 3 rings (SSSR count). The van der Waals surface area contributed by atoms with Gasteiger partial charge in [0.05, 0.1) is 25.2 Å². The van der Waals surface area contributed by atoms with E-state index in [0.717, 1.165) is 0 Å². The molecule has 16 heavy (non-hydrogen) atoms. The van der Waals surface area contributed by atoms with E-state index in [1.807, 2.05) is 0 Å². The molecule has 0 spiro atoms. The molecule has 2 aromatic rings. The van der Waals surface area contributed by atoms with Crippen LogP contribution in [0.4, 0.5) is 5.69 Å². The summed E-state index contributed by atoms with van der Waals surface area (Å²) in [5.41, 5.74) is 7.73. The first-order valence-corrected chi connectivity index (χ1v) is 5.10. The Morgan fingerprint density at radius 1 is 1.62 bits per heavy atom. The van der Waals surface area contributed by atoms with E-state index in [1.165, 1.54) is 0 Å². The molecule has 3 N–H and O–H groups in total. The van der Waals surface area contributed by atoms with E-state index in [2.05, 4.69) is 9.97 Å². The molecule has 2 unspecified atom stereocenters. The van der Waals surface area contributed by atoms with Gasteiger partial charge in [-0.3, -0.25) is 0 Å². The second-order valence-electron chi connectivity index (χ2n) is 3.91. The third-order valence-electron chi connectivity index (χ3n) is 2.71. The van der Waals surface area contributed by atoms with E-state index in [9.17, 15) is 5.11 Å². The molecular formula is C10H12N4O2. The Kier molecular flexibility index (Phi) is 2.05. The molecule has 0 aromatic carbocycles. The van der Waals surface area contributed by atoms with Crippen LogP contribution in [0.3, 0.4) is 0 Å². The maximum Gasteiger partial charge on any atom is 0.162 e. The minimum atomic E-state index is -0.513. The number of aliphatic hydroxyl groups excluding tert-OH is 1. The average molecular weight is 220 g/mol. The van der Waals surface area contributed by atoms with Crippen LogP contribution in [0.25, 0.3) is 11.2 Å². The summed E-state index contributed by atoms with van der Waals surface area (Å²) in [6.07, 6.45) is 2.72. The maximum absolute atomic E-state index is 9.76. The molecule has 2 atom stereocenters. The van der Waals surface area contributed by atoms with Crippen LogP contribution in [0.15, 0.2) is 18.6 Å². The summed E-state index contributed by atoms with van der Waals surface area (Å²) in [6, 6.07) is 1.71. The molecule has 6 nitrogen and oxygen atoms in total. The third kappa shape index (κ3) is 1.52. The molecule has 1 aliphatic heterocycles. The lowest BCUT2D eigenvalue weighted by molar-refractivity contribution is 0.118. The van der Waals surface area contributed by atoms with Crippen molar-refractivity contribution >= 4 is 16.9 Å². The van der Waals surface area contributed by atoms with Crippen molar-refractivity contribution in [3.8, 4) is 0 Å². The predicted octanol–water partition coefficient (Wildman–Crippen LogP) is -0.227. The van der Waals surface area contributed by atoms with Gasteiger partial charge in [-0.25, -0.2) is 9.97 Å². The highest BCUT2D eigenvalue weighted by Crippen LogP contribution is 2.19. The van der Waals surface area contributed by atoms with Gasteiger partial charge in [0.15, 0.2) is 5.65 Å². The summed E-state index contributed by atoms with van der Waals surface area (Å²) in [5, 5.41) is 9.76. The van der Waals surface area contributed by atoms with Crippen LogP contribution >= 0.6 is 0 Å². The van der Waals surface area contributed by atoms with Crippen LogP contribution in [-0.4, -0.2) is 38.5 Å². The number of pyridine rings is 1. The largest absolute Gasteiger partial charge is 0.397 e. The van der Waals surface area contributed by atoms with Crippen molar-refractivity contribution < 1.29 is 9.84 Å². The number of fused-ring (bicyclic) bond motifs is 1. The summed E-state index contributed by atoms with van der Waals surface area (Å²) >= 11 is 0. The number of hydrogen-bond donors (Lipinski definition) is 2. The van der Waals surface area contributed by atoms with Crippen LogP contribution in [-0.2, 0) is 11.3 Å². The van der Waals surface area contributed by atoms with Crippen molar-refractivity contribution in [3.05, 3.63) is 18.6 Å². The number of aromatic nitrogens is 3. The second kappa shape index (κ2) is 3.43. The molecular weight excluding hydrogens is 208 g/mol. The molecule has 0 radical (unpaired) electrons. The zero-order chi connectivity index (χ0) is 11.1. The van der Waals surface area contributed by atoms with Gasteiger partial charge in [-0.15, -0.1) is 0 Å². The standard InChI is InChI=1S/C10H12N4O2/c11-6-1-2-12-10-9(6)13-5-14(10)3-7(15)8-4-16-8/h1-2,5,7-8,15H,3-4H2,(H2,11,12). The van der Waals surface area contributed by atoms with Gasteiger partial charge in [0.2, 0.25) is 0 Å². The lowest BCUT2D eigenvalue weighted by Gasteiger charge is -2.08. The number of anilines is 1. The van der Waals surface area contributed by atoms with Crippen LogP contribution < -0.4 is 5.73 Å². The zero-order valence-electron chi connectivity index (χ0n) is 8.58. The third-order valence-corrected chi connectivity index (χ3v) is 2.71. The van der Waals surface area contributed by atoms with Gasteiger partial charge in [0.25, 0.3) is 0 Å². The lowest BCUT2D eigenvalue weighted by Crippen LogP contribution is -2.21. The first kappa shape index (κ1) is 9.56. The molecule has 1 saturated heterocycles. The number of ether oxygens (including phenoxy) is 1. The number of hydrogen-bond acceptors (Lipinski definition) is 5. The topological polar surface area (TPSA) is 89.5 Å². The number of epoxide rings is 1. The Morgan fingerprint density at radius 3 is 3.19 bits per heavy atom. The van der Waals surface area contributed by atoms with E-state index in [0.29, 0.717) is 30.0 Å². The average Bonchev–Trinajstić information content (AvgIpc) is 3.04. The first-order chi connectivity index (χ1) is 7.75. The Morgan fingerprint density at radius 2 is 2.44 bits per heavy atom. The Hall–Kier alpha value is -1.66. The van der Waals surface area contributed by atoms with Gasteiger partial charge < -0.3 is 20.1 Å². The summed E-state index contributed by atoms with van der Waals surface area (Å²) in [7, 11) is 0. The molecule has 0 saturated carbocycles. The number of imidazole rings is 1. The molecule has 3 heterocycles.